The summed E-state index contributed by atoms with van der Waals surface area (Å²) in [5, 5.41) is 8.69. The third-order valence-corrected chi connectivity index (χ3v) is 2.17. The normalized spacial score (nSPS) is 14.2. The van der Waals surface area contributed by atoms with E-state index in [-0.39, 0.29) is 19.0 Å². The van der Waals surface area contributed by atoms with Crippen LogP contribution >= 0.6 is 0 Å². The first-order chi connectivity index (χ1) is 7.65. The van der Waals surface area contributed by atoms with Crippen LogP contribution in [-0.2, 0) is 19.1 Å². The van der Waals surface area contributed by atoms with Crippen LogP contribution in [0.4, 0.5) is 0 Å². The average Bonchev–Trinajstić information content (AvgIpc) is 2.76. The van der Waals surface area contributed by atoms with E-state index in [0.29, 0.717) is 25.2 Å². The first kappa shape index (κ1) is 12.5. The number of carbonyl (C=O) groups excluding carboxylic acids is 1. The van der Waals surface area contributed by atoms with Crippen molar-refractivity contribution in [3.63, 3.8) is 0 Å². The summed E-state index contributed by atoms with van der Waals surface area (Å²) in [6.07, 6.45) is 1.92. The van der Waals surface area contributed by atoms with Crippen molar-refractivity contribution in [2.75, 3.05) is 33.4 Å². The Hall–Kier alpha value is -1.56. The van der Waals surface area contributed by atoms with Gasteiger partial charge in [-0.25, -0.2) is 0 Å². The van der Waals surface area contributed by atoms with Gasteiger partial charge in [-0.3, -0.25) is 9.59 Å². The molecule has 0 aromatic rings. The number of carboxylic acids is 1. The van der Waals surface area contributed by atoms with Gasteiger partial charge in [0.2, 0.25) is 0 Å². The van der Waals surface area contributed by atoms with Crippen LogP contribution in [0.25, 0.3) is 0 Å². The van der Waals surface area contributed by atoms with Crippen molar-refractivity contribution in [1.82, 2.24) is 4.90 Å². The van der Waals surface area contributed by atoms with Crippen molar-refractivity contribution in [3.05, 3.63) is 11.8 Å². The fourth-order valence-corrected chi connectivity index (χ4v) is 1.36. The molecule has 6 nitrogen and oxygen atoms in total. The molecular formula is C10H15NO5. The third-order valence-electron chi connectivity index (χ3n) is 2.17. The van der Waals surface area contributed by atoms with E-state index in [4.69, 9.17) is 14.6 Å². The van der Waals surface area contributed by atoms with E-state index < -0.39 is 5.97 Å². The first-order valence-electron chi connectivity index (χ1n) is 4.96. The summed E-state index contributed by atoms with van der Waals surface area (Å²) in [7, 11) is 1.50. The van der Waals surface area contributed by atoms with Gasteiger partial charge in [-0.1, -0.05) is 0 Å². The van der Waals surface area contributed by atoms with Crippen molar-refractivity contribution in [2.24, 2.45) is 0 Å². The summed E-state index contributed by atoms with van der Waals surface area (Å²) in [5.41, 5.74) is 0.511. The molecule has 0 unspecified atom stereocenters. The highest BCUT2D eigenvalue weighted by molar-refractivity contribution is 5.95. The van der Waals surface area contributed by atoms with Gasteiger partial charge in [-0.05, 0) is 0 Å². The van der Waals surface area contributed by atoms with E-state index in [1.807, 2.05) is 0 Å². The molecule has 1 rings (SSSR count). The first-order valence-corrected chi connectivity index (χ1v) is 4.96. The standard InChI is InChI=1S/C10H15NO5/c1-15-5-3-11(6-9(12)13)10(14)8-2-4-16-7-8/h7H,2-6H2,1H3,(H,12,13). The van der Waals surface area contributed by atoms with Gasteiger partial charge in [-0.2, -0.15) is 0 Å². The Labute approximate surface area is 93.4 Å². The topological polar surface area (TPSA) is 76.1 Å². The Morgan fingerprint density at radius 3 is 2.88 bits per heavy atom. The van der Waals surface area contributed by atoms with Gasteiger partial charge in [0.05, 0.1) is 25.0 Å². The Morgan fingerprint density at radius 1 is 1.62 bits per heavy atom. The van der Waals surface area contributed by atoms with Crippen LogP contribution in [0.5, 0.6) is 0 Å². The van der Waals surface area contributed by atoms with E-state index in [0.717, 1.165) is 0 Å². The van der Waals surface area contributed by atoms with E-state index in [9.17, 15) is 9.59 Å². The number of carboxylic acid groups (broad SMARTS) is 1. The summed E-state index contributed by atoms with van der Waals surface area (Å²) in [4.78, 5) is 23.7. The minimum atomic E-state index is -1.04. The lowest BCUT2D eigenvalue weighted by Crippen LogP contribution is -2.38. The Kier molecular flexibility index (Phi) is 4.78. The van der Waals surface area contributed by atoms with Crippen LogP contribution in [0.15, 0.2) is 11.8 Å². The number of amides is 1. The summed E-state index contributed by atoms with van der Waals surface area (Å²) in [6, 6.07) is 0. The van der Waals surface area contributed by atoms with Crippen LogP contribution in [0.3, 0.4) is 0 Å². The second-order valence-corrected chi connectivity index (χ2v) is 3.38. The molecule has 0 bridgehead atoms. The zero-order chi connectivity index (χ0) is 12.0. The summed E-state index contributed by atoms with van der Waals surface area (Å²) in [6.45, 7) is 0.734. The second kappa shape index (κ2) is 6.12. The molecular weight excluding hydrogens is 214 g/mol. The molecule has 0 radical (unpaired) electrons. The molecule has 0 aromatic heterocycles. The average molecular weight is 229 g/mol. The van der Waals surface area contributed by atoms with Gasteiger partial charge in [0.1, 0.15) is 6.54 Å². The van der Waals surface area contributed by atoms with Crippen LogP contribution in [-0.4, -0.2) is 55.3 Å². The number of methoxy groups -OCH3 is 1. The maximum absolute atomic E-state index is 11.8. The second-order valence-electron chi connectivity index (χ2n) is 3.38. The highest BCUT2D eigenvalue weighted by Gasteiger charge is 2.22. The molecule has 6 heteroatoms. The van der Waals surface area contributed by atoms with Crippen molar-refractivity contribution >= 4 is 11.9 Å². The van der Waals surface area contributed by atoms with Gasteiger partial charge in [0.25, 0.3) is 5.91 Å². The Balaban J connectivity index is 2.59. The molecule has 0 spiro atoms. The Bertz CT molecular complexity index is 300. The molecule has 0 atom stereocenters. The number of aliphatic carboxylic acids is 1. The van der Waals surface area contributed by atoms with E-state index >= 15 is 0 Å². The van der Waals surface area contributed by atoms with Gasteiger partial charge in [0, 0.05) is 20.1 Å². The van der Waals surface area contributed by atoms with Gasteiger partial charge in [0.15, 0.2) is 0 Å². The minimum Gasteiger partial charge on any atom is -0.500 e. The molecule has 1 heterocycles. The van der Waals surface area contributed by atoms with Crippen molar-refractivity contribution in [1.29, 1.82) is 0 Å². The molecule has 0 saturated heterocycles. The number of carbonyl (C=O) groups is 2. The highest BCUT2D eigenvalue weighted by Crippen LogP contribution is 2.13. The lowest BCUT2D eigenvalue weighted by molar-refractivity contribution is -0.143. The number of hydrogen-bond donors (Lipinski definition) is 1. The molecule has 0 fully saturated rings. The van der Waals surface area contributed by atoms with Gasteiger partial charge in [-0.15, -0.1) is 0 Å². The zero-order valence-electron chi connectivity index (χ0n) is 9.14. The fraction of sp³-hybridized carbons (Fsp3) is 0.600. The zero-order valence-corrected chi connectivity index (χ0v) is 9.14. The number of nitrogens with zero attached hydrogens (tertiary/aromatic N) is 1. The largest absolute Gasteiger partial charge is 0.500 e. The molecule has 1 aliphatic rings. The van der Waals surface area contributed by atoms with Gasteiger partial charge >= 0.3 is 5.97 Å². The molecule has 0 aliphatic carbocycles. The van der Waals surface area contributed by atoms with E-state index in [1.54, 1.807) is 0 Å². The minimum absolute atomic E-state index is 0.263. The maximum atomic E-state index is 11.8. The molecule has 1 aliphatic heterocycles. The van der Waals surface area contributed by atoms with Crippen LogP contribution < -0.4 is 0 Å². The SMILES string of the molecule is COCCN(CC(=O)O)C(=O)C1=COCC1. The number of rotatable bonds is 6. The maximum Gasteiger partial charge on any atom is 0.323 e. The molecule has 16 heavy (non-hydrogen) atoms. The predicted molar refractivity (Wildman–Crippen MR) is 54.7 cm³/mol. The fourth-order valence-electron chi connectivity index (χ4n) is 1.36. The van der Waals surface area contributed by atoms with Crippen LogP contribution in [0, 0.1) is 0 Å². The quantitative estimate of drug-likeness (QED) is 0.685. The van der Waals surface area contributed by atoms with Crippen LogP contribution in [0.2, 0.25) is 0 Å². The van der Waals surface area contributed by atoms with E-state index in [2.05, 4.69) is 0 Å². The van der Waals surface area contributed by atoms with Crippen molar-refractivity contribution in [2.45, 2.75) is 6.42 Å². The molecule has 0 saturated carbocycles. The summed E-state index contributed by atoms with van der Waals surface area (Å²) >= 11 is 0. The predicted octanol–water partition coefficient (Wildman–Crippen LogP) is -0.150. The summed E-state index contributed by atoms with van der Waals surface area (Å²) < 4.78 is 9.78. The number of ether oxygens (including phenoxy) is 2. The monoisotopic (exact) mass is 229 g/mol. The third kappa shape index (κ3) is 3.54. The molecule has 1 amide bonds. The van der Waals surface area contributed by atoms with E-state index in [1.165, 1.54) is 18.3 Å². The van der Waals surface area contributed by atoms with Crippen molar-refractivity contribution in [3.8, 4) is 0 Å². The molecule has 90 valence electrons. The smallest absolute Gasteiger partial charge is 0.323 e. The number of hydrogen-bond acceptors (Lipinski definition) is 4. The lowest BCUT2D eigenvalue weighted by atomic mass is 10.2. The molecule has 1 N–H and O–H groups in total. The van der Waals surface area contributed by atoms with Crippen molar-refractivity contribution < 1.29 is 24.2 Å². The van der Waals surface area contributed by atoms with Crippen LogP contribution in [0.1, 0.15) is 6.42 Å². The highest BCUT2D eigenvalue weighted by atomic mass is 16.5. The lowest BCUT2D eigenvalue weighted by Gasteiger charge is -2.20. The Morgan fingerprint density at radius 2 is 2.38 bits per heavy atom. The molecule has 0 aromatic carbocycles. The summed E-state index contributed by atoms with van der Waals surface area (Å²) in [5.74, 6) is -1.33. The van der Waals surface area contributed by atoms with Gasteiger partial charge < -0.3 is 19.5 Å².